The SMILES string of the molecule is Cc1cc(C(=O)N(Cc2nccn2C)CC2CCCCC2)no1. The molecular weight excluding hydrogens is 292 g/mol. The van der Waals surface area contributed by atoms with E-state index in [1.807, 2.05) is 22.7 Å². The number of amides is 1. The minimum Gasteiger partial charge on any atom is -0.361 e. The Labute approximate surface area is 136 Å². The zero-order chi connectivity index (χ0) is 16.2. The molecule has 0 N–H and O–H groups in total. The Morgan fingerprint density at radius 1 is 1.39 bits per heavy atom. The van der Waals surface area contributed by atoms with Crippen LogP contribution >= 0.6 is 0 Å². The molecule has 6 nitrogen and oxygen atoms in total. The smallest absolute Gasteiger partial charge is 0.276 e. The summed E-state index contributed by atoms with van der Waals surface area (Å²) < 4.78 is 7.02. The monoisotopic (exact) mass is 316 g/mol. The molecule has 0 aliphatic heterocycles. The maximum Gasteiger partial charge on any atom is 0.276 e. The van der Waals surface area contributed by atoms with Crippen molar-refractivity contribution >= 4 is 5.91 Å². The van der Waals surface area contributed by atoms with Crippen molar-refractivity contribution in [2.24, 2.45) is 13.0 Å². The molecule has 0 atom stereocenters. The van der Waals surface area contributed by atoms with Gasteiger partial charge in [-0.3, -0.25) is 4.79 Å². The van der Waals surface area contributed by atoms with E-state index in [1.54, 1.807) is 19.2 Å². The average Bonchev–Trinajstić information content (AvgIpc) is 3.16. The fourth-order valence-corrected chi connectivity index (χ4v) is 3.25. The molecule has 1 amide bonds. The largest absolute Gasteiger partial charge is 0.361 e. The second-order valence-corrected chi connectivity index (χ2v) is 6.47. The summed E-state index contributed by atoms with van der Waals surface area (Å²) >= 11 is 0. The number of carbonyl (C=O) groups excluding carboxylic acids is 1. The molecule has 1 aliphatic carbocycles. The summed E-state index contributed by atoms with van der Waals surface area (Å²) in [6.45, 7) is 3.07. The van der Waals surface area contributed by atoms with Crippen LogP contribution in [-0.4, -0.2) is 32.1 Å². The highest BCUT2D eigenvalue weighted by molar-refractivity contribution is 5.92. The first-order valence-electron chi connectivity index (χ1n) is 8.32. The summed E-state index contributed by atoms with van der Waals surface area (Å²) in [4.78, 5) is 19.1. The zero-order valence-corrected chi connectivity index (χ0v) is 13.9. The molecule has 3 rings (SSSR count). The second-order valence-electron chi connectivity index (χ2n) is 6.47. The quantitative estimate of drug-likeness (QED) is 0.851. The van der Waals surface area contributed by atoms with Crippen molar-refractivity contribution < 1.29 is 9.32 Å². The summed E-state index contributed by atoms with van der Waals surface area (Å²) in [5.74, 6) is 2.04. The Hall–Kier alpha value is -2.11. The van der Waals surface area contributed by atoms with Crippen molar-refractivity contribution in [3.63, 3.8) is 0 Å². The lowest BCUT2D eigenvalue weighted by Gasteiger charge is -2.29. The summed E-state index contributed by atoms with van der Waals surface area (Å²) in [5.41, 5.74) is 0.382. The molecule has 0 spiro atoms. The highest BCUT2D eigenvalue weighted by atomic mass is 16.5. The molecule has 6 heteroatoms. The van der Waals surface area contributed by atoms with Gasteiger partial charge in [0.2, 0.25) is 0 Å². The van der Waals surface area contributed by atoms with Crippen LogP contribution in [0.4, 0.5) is 0 Å². The fraction of sp³-hybridized carbons (Fsp3) is 0.588. The Morgan fingerprint density at radius 2 is 2.17 bits per heavy atom. The van der Waals surface area contributed by atoms with Gasteiger partial charge in [0.1, 0.15) is 11.6 Å². The summed E-state index contributed by atoms with van der Waals surface area (Å²) in [7, 11) is 1.95. The minimum absolute atomic E-state index is 0.0737. The molecule has 23 heavy (non-hydrogen) atoms. The van der Waals surface area contributed by atoms with Crippen molar-refractivity contribution in [3.05, 3.63) is 35.7 Å². The average molecular weight is 316 g/mol. The standard InChI is InChI=1S/C17H24N4O2/c1-13-10-15(19-23-13)17(22)21(11-14-6-4-3-5-7-14)12-16-18-8-9-20(16)2/h8-10,14H,3-7,11-12H2,1-2H3. The first-order chi connectivity index (χ1) is 11.1. The van der Waals surface area contributed by atoms with E-state index in [4.69, 9.17) is 4.52 Å². The normalized spacial score (nSPS) is 15.7. The van der Waals surface area contributed by atoms with Crippen LogP contribution in [0.5, 0.6) is 0 Å². The van der Waals surface area contributed by atoms with Crippen LogP contribution in [0, 0.1) is 12.8 Å². The topological polar surface area (TPSA) is 64.2 Å². The van der Waals surface area contributed by atoms with E-state index in [1.165, 1.54) is 32.1 Å². The lowest BCUT2D eigenvalue weighted by Crippen LogP contribution is -2.36. The Bertz CT molecular complexity index is 655. The third-order valence-electron chi connectivity index (χ3n) is 4.59. The molecule has 1 fully saturated rings. The molecule has 1 saturated carbocycles. The van der Waals surface area contributed by atoms with Gasteiger partial charge in [-0.05, 0) is 25.7 Å². The third-order valence-corrected chi connectivity index (χ3v) is 4.59. The molecule has 2 aromatic heterocycles. The van der Waals surface area contributed by atoms with Crippen LogP contribution < -0.4 is 0 Å². The number of aromatic nitrogens is 3. The van der Waals surface area contributed by atoms with Gasteiger partial charge in [-0.25, -0.2) is 4.98 Å². The van der Waals surface area contributed by atoms with Crippen LogP contribution in [0.15, 0.2) is 23.0 Å². The number of aryl methyl sites for hydroxylation is 2. The number of hydrogen-bond acceptors (Lipinski definition) is 4. The molecule has 1 aliphatic rings. The number of imidazole rings is 1. The van der Waals surface area contributed by atoms with Crippen molar-refractivity contribution in [2.75, 3.05) is 6.54 Å². The first-order valence-corrected chi connectivity index (χ1v) is 8.32. The van der Waals surface area contributed by atoms with Crippen LogP contribution in [0.2, 0.25) is 0 Å². The summed E-state index contributed by atoms with van der Waals surface area (Å²) in [5, 5.41) is 3.89. The van der Waals surface area contributed by atoms with E-state index < -0.39 is 0 Å². The van der Waals surface area contributed by atoms with Crippen LogP contribution in [0.1, 0.15) is 54.2 Å². The van der Waals surface area contributed by atoms with Gasteiger partial charge < -0.3 is 14.0 Å². The second kappa shape index (κ2) is 6.98. The lowest BCUT2D eigenvalue weighted by molar-refractivity contribution is 0.0682. The highest BCUT2D eigenvalue weighted by Crippen LogP contribution is 2.25. The fourth-order valence-electron chi connectivity index (χ4n) is 3.25. The van der Waals surface area contributed by atoms with Gasteiger partial charge in [0, 0.05) is 32.1 Å². The number of hydrogen-bond donors (Lipinski definition) is 0. The predicted octanol–water partition coefficient (Wildman–Crippen LogP) is 2.94. The Balaban J connectivity index is 1.77. The van der Waals surface area contributed by atoms with Crippen LogP contribution in [0.3, 0.4) is 0 Å². The van der Waals surface area contributed by atoms with Crippen LogP contribution in [0.25, 0.3) is 0 Å². The predicted molar refractivity (Wildman–Crippen MR) is 85.8 cm³/mol. The molecule has 0 saturated heterocycles. The molecular formula is C17H24N4O2. The van der Waals surface area contributed by atoms with Gasteiger partial charge in [0.15, 0.2) is 5.69 Å². The van der Waals surface area contributed by atoms with Crippen molar-refractivity contribution in [1.29, 1.82) is 0 Å². The molecule has 2 aromatic rings. The van der Waals surface area contributed by atoms with Crippen molar-refractivity contribution in [2.45, 2.75) is 45.6 Å². The zero-order valence-electron chi connectivity index (χ0n) is 13.9. The van der Waals surface area contributed by atoms with Crippen LogP contribution in [-0.2, 0) is 13.6 Å². The minimum atomic E-state index is -0.0737. The number of rotatable bonds is 5. The molecule has 124 valence electrons. The first kappa shape index (κ1) is 15.8. The molecule has 2 heterocycles. The maximum atomic E-state index is 12.8. The van der Waals surface area contributed by atoms with Gasteiger partial charge >= 0.3 is 0 Å². The molecule has 0 radical (unpaired) electrons. The van der Waals surface area contributed by atoms with E-state index in [-0.39, 0.29) is 5.91 Å². The van der Waals surface area contributed by atoms with Gasteiger partial charge in [-0.15, -0.1) is 0 Å². The Morgan fingerprint density at radius 3 is 2.78 bits per heavy atom. The van der Waals surface area contributed by atoms with Crippen molar-refractivity contribution in [3.8, 4) is 0 Å². The molecule has 0 bridgehead atoms. The molecule has 0 unspecified atom stereocenters. The lowest BCUT2D eigenvalue weighted by atomic mass is 9.89. The summed E-state index contributed by atoms with van der Waals surface area (Å²) in [6, 6.07) is 1.70. The van der Waals surface area contributed by atoms with Gasteiger partial charge in [-0.2, -0.15) is 0 Å². The Kier molecular flexibility index (Phi) is 4.79. The van der Waals surface area contributed by atoms with Crippen molar-refractivity contribution in [1.82, 2.24) is 19.6 Å². The number of carbonyl (C=O) groups is 1. The third kappa shape index (κ3) is 3.81. The van der Waals surface area contributed by atoms with Gasteiger partial charge in [0.25, 0.3) is 5.91 Å². The highest BCUT2D eigenvalue weighted by Gasteiger charge is 2.25. The van der Waals surface area contributed by atoms with E-state index >= 15 is 0 Å². The van der Waals surface area contributed by atoms with E-state index in [0.29, 0.717) is 23.9 Å². The molecule has 0 aromatic carbocycles. The maximum absolute atomic E-state index is 12.8. The van der Waals surface area contributed by atoms with Gasteiger partial charge in [-0.1, -0.05) is 24.4 Å². The van der Waals surface area contributed by atoms with E-state index in [2.05, 4.69) is 10.1 Å². The van der Waals surface area contributed by atoms with E-state index in [9.17, 15) is 4.79 Å². The number of nitrogens with zero attached hydrogens (tertiary/aromatic N) is 4. The summed E-state index contributed by atoms with van der Waals surface area (Å²) in [6.07, 6.45) is 9.89. The van der Waals surface area contributed by atoms with Gasteiger partial charge in [0.05, 0.1) is 6.54 Å². The van der Waals surface area contributed by atoms with E-state index in [0.717, 1.165) is 12.4 Å².